The molecule has 2 aromatic rings. The molecule has 24 heavy (non-hydrogen) atoms. The first-order chi connectivity index (χ1) is 11.7. The highest BCUT2D eigenvalue weighted by molar-refractivity contribution is 5.75. The molecule has 1 atom stereocenters. The summed E-state index contributed by atoms with van der Waals surface area (Å²) in [7, 11) is 0. The van der Waals surface area contributed by atoms with Crippen molar-refractivity contribution in [3.63, 3.8) is 0 Å². The molecule has 3 nitrogen and oxygen atoms in total. The second kappa shape index (κ2) is 9.44. The Bertz CT molecular complexity index is 721. The molecular weight excluding hydrogens is 298 g/mol. The molecule has 0 amide bonds. The van der Waals surface area contributed by atoms with Crippen LogP contribution in [0.2, 0.25) is 0 Å². The SMILES string of the molecule is CC(CC=O)CNCc1ccc(C#Cc2ccc([C]=O)cc2)cc1. The summed E-state index contributed by atoms with van der Waals surface area (Å²) in [5.74, 6) is 6.54. The van der Waals surface area contributed by atoms with Crippen LogP contribution >= 0.6 is 0 Å². The minimum atomic E-state index is 0.357. The topological polar surface area (TPSA) is 46.2 Å². The molecule has 1 radical (unpaired) electrons. The minimum absolute atomic E-state index is 0.357. The van der Waals surface area contributed by atoms with E-state index in [4.69, 9.17) is 0 Å². The summed E-state index contributed by atoms with van der Waals surface area (Å²) in [4.78, 5) is 20.9. The van der Waals surface area contributed by atoms with E-state index in [-0.39, 0.29) is 0 Å². The number of carbonyl (C=O) groups is 1. The molecule has 121 valence electrons. The van der Waals surface area contributed by atoms with E-state index < -0.39 is 0 Å². The van der Waals surface area contributed by atoms with Gasteiger partial charge in [0.25, 0.3) is 0 Å². The molecule has 0 heterocycles. The van der Waals surface area contributed by atoms with Crippen LogP contribution in [0.1, 0.15) is 35.6 Å². The van der Waals surface area contributed by atoms with Gasteiger partial charge in [0.15, 0.2) is 0 Å². The van der Waals surface area contributed by atoms with Gasteiger partial charge in [0, 0.05) is 29.7 Å². The Labute approximate surface area is 143 Å². The summed E-state index contributed by atoms with van der Waals surface area (Å²) in [6.07, 6.45) is 3.40. The van der Waals surface area contributed by atoms with E-state index in [1.165, 1.54) is 5.56 Å². The summed E-state index contributed by atoms with van der Waals surface area (Å²) in [6, 6.07) is 15.1. The highest BCUT2D eigenvalue weighted by atomic mass is 16.1. The zero-order valence-corrected chi connectivity index (χ0v) is 13.7. The Morgan fingerprint density at radius 2 is 1.50 bits per heavy atom. The lowest BCUT2D eigenvalue weighted by Gasteiger charge is -2.09. The average Bonchev–Trinajstić information content (AvgIpc) is 2.62. The van der Waals surface area contributed by atoms with E-state index >= 15 is 0 Å². The molecule has 1 N–H and O–H groups in total. The number of hydrogen-bond donors (Lipinski definition) is 1. The average molecular weight is 318 g/mol. The Hall–Kier alpha value is -2.70. The van der Waals surface area contributed by atoms with Gasteiger partial charge in [0.1, 0.15) is 6.29 Å². The molecule has 0 saturated carbocycles. The summed E-state index contributed by atoms with van der Waals surface area (Å²) in [5, 5.41) is 3.35. The fraction of sp³-hybridized carbons (Fsp3) is 0.238. The zero-order valence-electron chi connectivity index (χ0n) is 13.7. The lowest BCUT2D eigenvalue weighted by molar-refractivity contribution is -0.108. The molecule has 0 bridgehead atoms. The van der Waals surface area contributed by atoms with Gasteiger partial charge in [-0.15, -0.1) is 0 Å². The van der Waals surface area contributed by atoms with Gasteiger partial charge in [0.2, 0.25) is 6.29 Å². The van der Waals surface area contributed by atoms with E-state index in [0.29, 0.717) is 17.9 Å². The van der Waals surface area contributed by atoms with Crippen LogP contribution in [0.5, 0.6) is 0 Å². The predicted molar refractivity (Wildman–Crippen MR) is 95.2 cm³/mol. The Kier molecular flexibility index (Phi) is 6.94. The van der Waals surface area contributed by atoms with Crippen LogP contribution in [0.3, 0.4) is 0 Å². The van der Waals surface area contributed by atoms with Crippen molar-refractivity contribution in [1.29, 1.82) is 0 Å². The fourth-order valence-electron chi connectivity index (χ4n) is 2.18. The molecule has 2 aromatic carbocycles. The summed E-state index contributed by atoms with van der Waals surface area (Å²) < 4.78 is 0. The Balaban J connectivity index is 1.88. The van der Waals surface area contributed by atoms with Crippen molar-refractivity contribution in [2.45, 2.75) is 19.9 Å². The van der Waals surface area contributed by atoms with Gasteiger partial charge in [-0.25, -0.2) is 0 Å². The number of nitrogens with one attached hydrogen (secondary N) is 1. The highest BCUT2D eigenvalue weighted by Crippen LogP contribution is 2.05. The van der Waals surface area contributed by atoms with Crippen LogP contribution in [-0.2, 0) is 16.1 Å². The fourth-order valence-corrected chi connectivity index (χ4v) is 2.18. The van der Waals surface area contributed by atoms with Gasteiger partial charge in [-0.3, -0.25) is 4.79 Å². The van der Waals surface area contributed by atoms with Crippen molar-refractivity contribution in [2.75, 3.05) is 6.54 Å². The standard InChI is InChI=1S/C21H20NO2/c1-17(12-13-23)14-22-15-20-8-4-18(5-9-20)2-3-19-6-10-21(16-24)11-7-19/h4-11,13,17,22H,12,14-15H2,1H3. The smallest absolute Gasteiger partial charge is 0.233 e. The van der Waals surface area contributed by atoms with Crippen molar-refractivity contribution in [1.82, 2.24) is 5.32 Å². The maximum absolute atomic E-state index is 10.5. The Morgan fingerprint density at radius 1 is 0.958 bits per heavy atom. The van der Waals surface area contributed by atoms with Crippen molar-refractivity contribution in [3.05, 3.63) is 70.8 Å². The van der Waals surface area contributed by atoms with E-state index in [2.05, 4.69) is 24.1 Å². The first-order valence-electron chi connectivity index (χ1n) is 7.95. The van der Waals surface area contributed by atoms with Gasteiger partial charge >= 0.3 is 0 Å². The van der Waals surface area contributed by atoms with Crippen molar-refractivity contribution in [2.24, 2.45) is 5.92 Å². The van der Waals surface area contributed by atoms with Gasteiger partial charge in [-0.1, -0.05) is 30.9 Å². The first kappa shape index (κ1) is 17.7. The third-order valence-corrected chi connectivity index (χ3v) is 3.63. The summed E-state index contributed by atoms with van der Waals surface area (Å²) in [6.45, 7) is 3.66. The molecule has 1 unspecified atom stereocenters. The van der Waals surface area contributed by atoms with Crippen LogP contribution in [0.4, 0.5) is 0 Å². The molecule has 3 heteroatoms. The van der Waals surface area contributed by atoms with Crippen molar-refractivity contribution in [3.8, 4) is 11.8 Å². The minimum Gasteiger partial charge on any atom is -0.312 e. The molecule has 0 aliphatic heterocycles. The van der Waals surface area contributed by atoms with E-state index in [0.717, 1.165) is 30.5 Å². The Morgan fingerprint density at radius 3 is 2.04 bits per heavy atom. The maximum Gasteiger partial charge on any atom is 0.233 e. The van der Waals surface area contributed by atoms with Gasteiger partial charge in [0.05, 0.1) is 0 Å². The molecule has 0 aliphatic rings. The van der Waals surface area contributed by atoms with Crippen molar-refractivity contribution >= 4 is 12.6 Å². The molecule has 0 spiro atoms. The molecule has 0 saturated heterocycles. The first-order valence-corrected chi connectivity index (χ1v) is 7.95. The highest BCUT2D eigenvalue weighted by Gasteiger charge is 2.00. The second-order valence-electron chi connectivity index (χ2n) is 5.76. The van der Waals surface area contributed by atoms with Crippen LogP contribution in [-0.4, -0.2) is 19.1 Å². The van der Waals surface area contributed by atoms with Crippen LogP contribution < -0.4 is 5.32 Å². The number of rotatable bonds is 7. The molecule has 0 aromatic heterocycles. The van der Waals surface area contributed by atoms with Crippen LogP contribution in [0.25, 0.3) is 0 Å². The second-order valence-corrected chi connectivity index (χ2v) is 5.76. The predicted octanol–water partition coefficient (Wildman–Crippen LogP) is 2.86. The largest absolute Gasteiger partial charge is 0.312 e. The van der Waals surface area contributed by atoms with Gasteiger partial charge in [-0.2, -0.15) is 0 Å². The summed E-state index contributed by atoms with van der Waals surface area (Å²) >= 11 is 0. The van der Waals surface area contributed by atoms with Gasteiger partial charge in [-0.05, 0) is 54.4 Å². The lowest BCUT2D eigenvalue weighted by Crippen LogP contribution is -2.20. The number of carbonyl (C=O) groups excluding carboxylic acids is 2. The molecule has 2 rings (SSSR count). The van der Waals surface area contributed by atoms with Crippen LogP contribution in [0, 0.1) is 17.8 Å². The quantitative estimate of drug-likeness (QED) is 0.631. The van der Waals surface area contributed by atoms with E-state index in [1.807, 2.05) is 42.7 Å². The van der Waals surface area contributed by atoms with E-state index in [9.17, 15) is 9.59 Å². The van der Waals surface area contributed by atoms with Gasteiger partial charge < -0.3 is 10.1 Å². The lowest BCUT2D eigenvalue weighted by atomic mass is 10.1. The summed E-state index contributed by atoms with van der Waals surface area (Å²) in [5.41, 5.74) is 3.52. The maximum atomic E-state index is 10.5. The normalized spacial score (nSPS) is 11.2. The third-order valence-electron chi connectivity index (χ3n) is 3.63. The molecule has 0 aliphatic carbocycles. The zero-order chi connectivity index (χ0) is 17.2. The number of benzene rings is 2. The van der Waals surface area contributed by atoms with Crippen LogP contribution in [0.15, 0.2) is 48.5 Å². The number of aldehydes is 1. The monoisotopic (exact) mass is 318 g/mol. The molecular formula is C21H20NO2. The third kappa shape index (κ3) is 5.83. The van der Waals surface area contributed by atoms with Crippen molar-refractivity contribution < 1.29 is 9.59 Å². The number of hydrogen-bond acceptors (Lipinski definition) is 3. The molecule has 0 fully saturated rings. The van der Waals surface area contributed by atoms with E-state index in [1.54, 1.807) is 12.1 Å².